The minimum atomic E-state index is -4.75. The van der Waals surface area contributed by atoms with E-state index in [0.717, 1.165) is 43.8 Å². The van der Waals surface area contributed by atoms with Crippen LogP contribution >= 0.6 is 0 Å². The summed E-state index contributed by atoms with van der Waals surface area (Å²) in [7, 11) is 0. The molecule has 3 N–H and O–H groups in total. The van der Waals surface area contributed by atoms with Gasteiger partial charge in [-0.15, -0.1) is 13.2 Å². The van der Waals surface area contributed by atoms with Crippen LogP contribution in [0.2, 0.25) is 0 Å². The van der Waals surface area contributed by atoms with E-state index in [4.69, 9.17) is 5.73 Å². The number of nitrogens with zero attached hydrogens (tertiary/aromatic N) is 2. The lowest BCUT2D eigenvalue weighted by molar-refractivity contribution is -0.274. The Morgan fingerprint density at radius 3 is 2.55 bits per heavy atom. The molecule has 0 aliphatic carbocycles. The fraction of sp³-hybridized carbons (Fsp3) is 0.400. The number of benzene rings is 1. The quantitative estimate of drug-likeness (QED) is 0.815. The van der Waals surface area contributed by atoms with E-state index >= 15 is 0 Å². The SMILES string of the molecule is Nc1cc(C2CCN(C(=O)c3ccc(OC(F)(F)F)cc3)CC2)c2c(n1)NCC2. The number of nitrogens with one attached hydrogen (secondary N) is 1. The molecule has 3 heterocycles. The van der Waals surface area contributed by atoms with Gasteiger partial charge in [-0.1, -0.05) is 0 Å². The Morgan fingerprint density at radius 2 is 1.90 bits per heavy atom. The van der Waals surface area contributed by atoms with E-state index in [0.29, 0.717) is 30.4 Å². The number of carbonyl (C=O) groups is 1. The van der Waals surface area contributed by atoms with Crippen LogP contribution in [0.15, 0.2) is 30.3 Å². The lowest BCUT2D eigenvalue weighted by Crippen LogP contribution is -2.38. The zero-order valence-electron chi connectivity index (χ0n) is 15.6. The van der Waals surface area contributed by atoms with Crippen molar-refractivity contribution in [3.8, 4) is 5.75 Å². The van der Waals surface area contributed by atoms with Crippen molar-refractivity contribution in [2.45, 2.75) is 31.5 Å². The maximum Gasteiger partial charge on any atom is 0.573 e. The van der Waals surface area contributed by atoms with E-state index in [1.807, 2.05) is 6.07 Å². The van der Waals surface area contributed by atoms with Crippen LogP contribution in [0.25, 0.3) is 0 Å². The van der Waals surface area contributed by atoms with Gasteiger partial charge in [0.1, 0.15) is 17.4 Å². The van der Waals surface area contributed by atoms with E-state index in [2.05, 4.69) is 15.0 Å². The predicted octanol–water partition coefficient (Wildman–Crippen LogP) is 3.55. The molecule has 154 valence electrons. The molecule has 2 aliphatic heterocycles. The summed E-state index contributed by atoms with van der Waals surface area (Å²) in [5.74, 6) is 1.13. The van der Waals surface area contributed by atoms with Crippen LogP contribution in [0.4, 0.5) is 24.8 Å². The molecular formula is C20H21F3N4O2. The highest BCUT2D eigenvalue weighted by Crippen LogP contribution is 2.36. The standard InChI is InChI=1S/C20H21F3N4O2/c21-20(22,23)29-14-3-1-13(2-4-14)19(28)27-9-6-12(7-10-27)16-11-17(24)26-18-15(16)5-8-25-18/h1-4,11-12H,5-10H2,(H3,24,25,26). The molecule has 9 heteroatoms. The molecular weight excluding hydrogens is 385 g/mol. The van der Waals surface area contributed by atoms with Crippen LogP contribution in [0.1, 0.15) is 40.2 Å². The predicted molar refractivity (Wildman–Crippen MR) is 102 cm³/mol. The number of ether oxygens (including phenoxy) is 1. The van der Waals surface area contributed by atoms with Gasteiger partial charge in [-0.3, -0.25) is 4.79 Å². The number of hydrogen-bond donors (Lipinski definition) is 2. The van der Waals surface area contributed by atoms with E-state index in [9.17, 15) is 18.0 Å². The van der Waals surface area contributed by atoms with Gasteiger partial charge in [0.2, 0.25) is 0 Å². The van der Waals surface area contributed by atoms with Gasteiger partial charge in [0.05, 0.1) is 0 Å². The number of piperidine rings is 1. The second kappa shape index (κ2) is 7.46. The number of anilines is 2. The Morgan fingerprint density at radius 1 is 1.21 bits per heavy atom. The number of hydrogen-bond acceptors (Lipinski definition) is 5. The van der Waals surface area contributed by atoms with Gasteiger partial charge in [-0.25, -0.2) is 4.98 Å². The average Bonchev–Trinajstić information content (AvgIpc) is 3.14. The van der Waals surface area contributed by atoms with Crippen molar-refractivity contribution >= 4 is 17.5 Å². The molecule has 29 heavy (non-hydrogen) atoms. The third kappa shape index (κ3) is 4.23. The smallest absolute Gasteiger partial charge is 0.406 e. The molecule has 2 aliphatic rings. The Hall–Kier alpha value is -2.97. The van der Waals surface area contributed by atoms with Crippen molar-refractivity contribution in [3.63, 3.8) is 0 Å². The summed E-state index contributed by atoms with van der Waals surface area (Å²) < 4.78 is 40.6. The van der Waals surface area contributed by atoms with Crippen LogP contribution in [-0.4, -0.2) is 41.8 Å². The molecule has 0 bridgehead atoms. The van der Waals surface area contributed by atoms with Gasteiger partial charge in [0.25, 0.3) is 5.91 Å². The summed E-state index contributed by atoms with van der Waals surface area (Å²) in [6, 6.07) is 6.97. The van der Waals surface area contributed by atoms with Crippen molar-refractivity contribution < 1.29 is 22.7 Å². The minimum Gasteiger partial charge on any atom is -0.406 e. The topological polar surface area (TPSA) is 80.5 Å². The highest BCUT2D eigenvalue weighted by molar-refractivity contribution is 5.94. The minimum absolute atomic E-state index is 0.192. The molecule has 0 spiro atoms. The Kier molecular flexibility index (Phi) is 4.97. The lowest BCUT2D eigenvalue weighted by atomic mass is 9.86. The number of rotatable bonds is 3. The van der Waals surface area contributed by atoms with E-state index in [1.54, 1.807) is 4.90 Å². The maximum absolute atomic E-state index is 12.7. The van der Waals surface area contributed by atoms with Crippen molar-refractivity contribution in [3.05, 3.63) is 47.0 Å². The molecule has 1 fully saturated rings. The first-order valence-corrected chi connectivity index (χ1v) is 9.48. The monoisotopic (exact) mass is 406 g/mol. The molecule has 0 atom stereocenters. The van der Waals surface area contributed by atoms with Crippen molar-refractivity contribution in [2.75, 3.05) is 30.7 Å². The van der Waals surface area contributed by atoms with Crippen LogP contribution in [-0.2, 0) is 6.42 Å². The van der Waals surface area contributed by atoms with Crippen LogP contribution in [0.5, 0.6) is 5.75 Å². The number of alkyl halides is 3. The summed E-state index contributed by atoms with van der Waals surface area (Å²) >= 11 is 0. The molecule has 0 unspecified atom stereocenters. The largest absolute Gasteiger partial charge is 0.573 e. The van der Waals surface area contributed by atoms with E-state index in [1.165, 1.54) is 23.3 Å². The summed E-state index contributed by atoms with van der Waals surface area (Å²) in [6.07, 6.45) is -2.23. The molecule has 6 nitrogen and oxygen atoms in total. The fourth-order valence-electron chi connectivity index (χ4n) is 4.07. The maximum atomic E-state index is 12.7. The Bertz CT molecular complexity index is 907. The van der Waals surface area contributed by atoms with Crippen LogP contribution in [0.3, 0.4) is 0 Å². The van der Waals surface area contributed by atoms with E-state index < -0.39 is 6.36 Å². The van der Waals surface area contributed by atoms with Gasteiger partial charge in [0, 0.05) is 25.2 Å². The van der Waals surface area contributed by atoms with Gasteiger partial charge >= 0.3 is 6.36 Å². The normalized spacial score (nSPS) is 17.0. The van der Waals surface area contributed by atoms with Crippen molar-refractivity contribution in [2.24, 2.45) is 0 Å². The summed E-state index contributed by atoms with van der Waals surface area (Å²) in [4.78, 5) is 18.8. The second-order valence-corrected chi connectivity index (χ2v) is 7.28. The number of carbonyl (C=O) groups excluding carboxylic acids is 1. The van der Waals surface area contributed by atoms with Crippen molar-refractivity contribution in [1.82, 2.24) is 9.88 Å². The molecule has 2 aromatic rings. The van der Waals surface area contributed by atoms with Crippen LogP contribution in [0, 0.1) is 0 Å². The van der Waals surface area contributed by atoms with E-state index in [-0.39, 0.29) is 11.7 Å². The number of pyridine rings is 1. The molecule has 1 saturated heterocycles. The first-order valence-electron chi connectivity index (χ1n) is 9.48. The third-order valence-corrected chi connectivity index (χ3v) is 5.40. The third-order valence-electron chi connectivity index (χ3n) is 5.40. The molecule has 0 saturated carbocycles. The molecule has 0 radical (unpaired) electrons. The summed E-state index contributed by atoms with van der Waals surface area (Å²) in [5.41, 5.74) is 8.71. The van der Waals surface area contributed by atoms with Gasteiger partial charge < -0.3 is 20.7 Å². The molecule has 1 amide bonds. The number of nitrogens with two attached hydrogens (primary N) is 1. The number of fused-ring (bicyclic) bond motifs is 1. The number of amides is 1. The lowest BCUT2D eigenvalue weighted by Gasteiger charge is -2.33. The molecule has 1 aromatic heterocycles. The zero-order valence-corrected chi connectivity index (χ0v) is 15.6. The van der Waals surface area contributed by atoms with Gasteiger partial charge in [-0.05, 0) is 66.6 Å². The highest BCUT2D eigenvalue weighted by atomic mass is 19.4. The summed E-state index contributed by atoms with van der Waals surface area (Å²) in [5, 5.41) is 3.25. The first-order chi connectivity index (χ1) is 13.8. The number of aromatic nitrogens is 1. The Balaban J connectivity index is 1.40. The van der Waals surface area contributed by atoms with Crippen LogP contribution < -0.4 is 15.8 Å². The average molecular weight is 406 g/mol. The molecule has 4 rings (SSSR count). The summed E-state index contributed by atoms with van der Waals surface area (Å²) in [6.45, 7) is 2.01. The number of likely N-dealkylation sites (tertiary alicyclic amines) is 1. The highest BCUT2D eigenvalue weighted by Gasteiger charge is 2.31. The van der Waals surface area contributed by atoms with Gasteiger partial charge in [0.15, 0.2) is 0 Å². The van der Waals surface area contributed by atoms with Crippen molar-refractivity contribution in [1.29, 1.82) is 0 Å². The first kappa shape index (κ1) is 19.4. The fourth-order valence-corrected chi connectivity index (χ4v) is 4.07. The Labute approximate surface area is 165 Å². The second-order valence-electron chi connectivity index (χ2n) is 7.28. The van der Waals surface area contributed by atoms with Gasteiger partial charge in [-0.2, -0.15) is 0 Å². The number of nitrogen functional groups attached to an aromatic ring is 1. The zero-order chi connectivity index (χ0) is 20.6. The molecule has 1 aromatic carbocycles. The number of halogens is 3.